The lowest BCUT2D eigenvalue weighted by atomic mass is 9.90. The van der Waals surface area contributed by atoms with Crippen molar-refractivity contribution in [2.45, 2.75) is 38.6 Å². The highest BCUT2D eigenvalue weighted by molar-refractivity contribution is 5.97. The van der Waals surface area contributed by atoms with E-state index in [0.717, 1.165) is 56.0 Å². The molecule has 2 aromatic rings. The Morgan fingerprint density at radius 3 is 2.40 bits per heavy atom. The molecule has 2 heterocycles. The molecule has 7 nitrogen and oxygen atoms in total. The summed E-state index contributed by atoms with van der Waals surface area (Å²) in [5, 5.41) is 0. The lowest BCUT2D eigenvalue weighted by Crippen LogP contribution is -2.53. The maximum atomic E-state index is 13.8. The minimum atomic E-state index is -0.0431. The lowest BCUT2D eigenvalue weighted by Gasteiger charge is -2.42. The molecular weight excluding hydrogens is 442 g/mol. The molecule has 2 aliphatic heterocycles. The van der Waals surface area contributed by atoms with E-state index in [2.05, 4.69) is 35.0 Å². The van der Waals surface area contributed by atoms with Crippen molar-refractivity contribution in [2.75, 3.05) is 51.8 Å². The second-order valence-corrected chi connectivity index (χ2v) is 9.57. The molecule has 2 aliphatic rings. The Hall–Kier alpha value is -3.06. The van der Waals surface area contributed by atoms with Crippen LogP contribution in [0.5, 0.6) is 11.5 Å². The predicted octanol–water partition coefficient (Wildman–Crippen LogP) is 3.61. The number of amides is 2. The molecule has 1 atom stereocenters. The van der Waals surface area contributed by atoms with Gasteiger partial charge in [0.1, 0.15) is 6.61 Å². The van der Waals surface area contributed by atoms with Crippen LogP contribution in [0.15, 0.2) is 48.5 Å². The maximum Gasteiger partial charge on any atom is 0.230 e. The van der Waals surface area contributed by atoms with E-state index in [1.807, 2.05) is 35.2 Å². The molecule has 1 fully saturated rings. The Balaban J connectivity index is 1.41. The van der Waals surface area contributed by atoms with Crippen molar-refractivity contribution in [1.82, 2.24) is 9.80 Å². The Kier molecular flexibility index (Phi) is 8.29. The number of hydrogen-bond donors (Lipinski definition) is 0. The minimum absolute atomic E-state index is 0.0431. The third-order valence-corrected chi connectivity index (χ3v) is 7.21. The van der Waals surface area contributed by atoms with Crippen LogP contribution in [0.2, 0.25) is 0 Å². The van der Waals surface area contributed by atoms with Gasteiger partial charge < -0.3 is 24.2 Å². The number of likely N-dealkylation sites (N-methyl/N-ethyl adjacent to an activating group) is 1. The normalized spacial score (nSPS) is 18.3. The van der Waals surface area contributed by atoms with Crippen LogP contribution >= 0.6 is 0 Å². The number of methoxy groups -OCH3 is 1. The Morgan fingerprint density at radius 2 is 1.69 bits per heavy atom. The summed E-state index contributed by atoms with van der Waals surface area (Å²) in [5.74, 6) is 1.71. The van der Waals surface area contributed by atoms with E-state index in [1.165, 1.54) is 5.56 Å². The number of aryl methyl sites for hydroxylation is 1. The zero-order valence-electron chi connectivity index (χ0n) is 21.1. The van der Waals surface area contributed by atoms with Gasteiger partial charge in [0, 0.05) is 50.7 Å². The molecule has 4 rings (SSSR count). The second-order valence-electron chi connectivity index (χ2n) is 9.57. The number of likely N-dealkylation sites (tertiary alicyclic amines) is 1. The molecule has 0 spiro atoms. The topological polar surface area (TPSA) is 62.3 Å². The molecule has 1 saturated heterocycles. The van der Waals surface area contributed by atoms with Gasteiger partial charge in [0.2, 0.25) is 11.8 Å². The standard InChI is InChI=1S/C28H37N3O4/c1-21(32)30-16-14-23(15-17-30)28(33)31-24(13-12-22-8-4-5-9-25(22)31)20-29(2)18-19-35-27-11-7-6-10-26(27)34-3/h4-11,23-24H,12-20H2,1-3H3. The fraction of sp³-hybridized carbons (Fsp3) is 0.500. The highest BCUT2D eigenvalue weighted by Crippen LogP contribution is 2.34. The summed E-state index contributed by atoms with van der Waals surface area (Å²) in [6.07, 6.45) is 3.37. The highest BCUT2D eigenvalue weighted by Gasteiger charge is 2.36. The summed E-state index contributed by atoms with van der Waals surface area (Å²) in [5.41, 5.74) is 2.28. The van der Waals surface area contributed by atoms with Gasteiger partial charge in [-0.25, -0.2) is 0 Å². The molecule has 2 aromatic carbocycles. The molecule has 0 bridgehead atoms. The number of carbonyl (C=O) groups is 2. The molecular formula is C28H37N3O4. The Bertz CT molecular complexity index is 1020. The van der Waals surface area contributed by atoms with E-state index < -0.39 is 0 Å². The van der Waals surface area contributed by atoms with Crippen molar-refractivity contribution in [3.63, 3.8) is 0 Å². The first kappa shape index (κ1) is 25.0. The molecule has 188 valence electrons. The van der Waals surface area contributed by atoms with Gasteiger partial charge >= 0.3 is 0 Å². The van der Waals surface area contributed by atoms with Crippen molar-refractivity contribution in [2.24, 2.45) is 5.92 Å². The maximum absolute atomic E-state index is 13.8. The third kappa shape index (κ3) is 5.96. The summed E-state index contributed by atoms with van der Waals surface area (Å²) < 4.78 is 11.3. The number of fused-ring (bicyclic) bond motifs is 1. The van der Waals surface area contributed by atoms with Crippen LogP contribution in [0, 0.1) is 5.92 Å². The van der Waals surface area contributed by atoms with Gasteiger partial charge in [-0.3, -0.25) is 9.59 Å². The van der Waals surface area contributed by atoms with Crippen LogP contribution in [-0.2, 0) is 16.0 Å². The van der Waals surface area contributed by atoms with E-state index in [9.17, 15) is 9.59 Å². The number of benzene rings is 2. The first-order valence-electron chi connectivity index (χ1n) is 12.6. The average Bonchev–Trinajstić information content (AvgIpc) is 2.88. The van der Waals surface area contributed by atoms with E-state index in [-0.39, 0.29) is 23.8 Å². The minimum Gasteiger partial charge on any atom is -0.493 e. The summed E-state index contributed by atoms with van der Waals surface area (Å²) in [7, 11) is 3.73. The molecule has 0 saturated carbocycles. The van der Waals surface area contributed by atoms with E-state index in [1.54, 1.807) is 14.0 Å². The van der Waals surface area contributed by atoms with Crippen LogP contribution in [-0.4, -0.2) is 74.6 Å². The van der Waals surface area contributed by atoms with Crippen molar-refractivity contribution in [3.05, 3.63) is 54.1 Å². The van der Waals surface area contributed by atoms with Crippen LogP contribution in [0.4, 0.5) is 5.69 Å². The number of ether oxygens (including phenoxy) is 2. The Labute approximate surface area is 208 Å². The molecule has 0 aliphatic carbocycles. The van der Waals surface area contributed by atoms with Crippen LogP contribution in [0.1, 0.15) is 31.7 Å². The van der Waals surface area contributed by atoms with Crippen molar-refractivity contribution in [1.29, 1.82) is 0 Å². The molecule has 35 heavy (non-hydrogen) atoms. The summed E-state index contributed by atoms with van der Waals surface area (Å²) >= 11 is 0. The molecule has 1 unspecified atom stereocenters. The van der Waals surface area contributed by atoms with E-state index >= 15 is 0 Å². The van der Waals surface area contributed by atoms with Crippen molar-refractivity contribution in [3.8, 4) is 11.5 Å². The fourth-order valence-corrected chi connectivity index (χ4v) is 5.22. The largest absolute Gasteiger partial charge is 0.493 e. The van der Waals surface area contributed by atoms with Crippen molar-refractivity contribution < 1.29 is 19.1 Å². The summed E-state index contributed by atoms with van der Waals surface area (Å²) in [4.78, 5) is 31.7. The number of anilines is 1. The predicted molar refractivity (Wildman–Crippen MR) is 137 cm³/mol. The molecule has 2 amide bonds. The zero-order chi connectivity index (χ0) is 24.8. The lowest BCUT2D eigenvalue weighted by molar-refractivity contribution is -0.133. The monoisotopic (exact) mass is 479 g/mol. The van der Waals surface area contributed by atoms with Gasteiger partial charge in [-0.15, -0.1) is 0 Å². The quantitative estimate of drug-likeness (QED) is 0.579. The van der Waals surface area contributed by atoms with Gasteiger partial charge in [0.05, 0.1) is 7.11 Å². The van der Waals surface area contributed by atoms with Gasteiger partial charge in [0.15, 0.2) is 11.5 Å². The first-order valence-corrected chi connectivity index (χ1v) is 12.6. The molecule has 0 aromatic heterocycles. The number of para-hydroxylation sites is 3. The number of rotatable bonds is 8. The smallest absolute Gasteiger partial charge is 0.230 e. The van der Waals surface area contributed by atoms with Crippen molar-refractivity contribution >= 4 is 17.5 Å². The number of nitrogens with zero attached hydrogens (tertiary/aromatic N) is 3. The van der Waals surface area contributed by atoms with Gasteiger partial charge in [-0.1, -0.05) is 30.3 Å². The zero-order valence-corrected chi connectivity index (χ0v) is 21.1. The third-order valence-electron chi connectivity index (χ3n) is 7.21. The van der Waals surface area contributed by atoms with Crippen LogP contribution in [0.3, 0.4) is 0 Å². The molecule has 7 heteroatoms. The van der Waals surface area contributed by atoms with Gasteiger partial charge in [-0.05, 0) is 56.5 Å². The SMILES string of the molecule is COc1ccccc1OCCN(C)CC1CCc2ccccc2N1C(=O)C1CCN(C(C)=O)CC1. The summed E-state index contributed by atoms with van der Waals surface area (Å²) in [6.45, 7) is 4.99. The van der Waals surface area contributed by atoms with Crippen LogP contribution in [0.25, 0.3) is 0 Å². The average molecular weight is 480 g/mol. The summed E-state index contributed by atoms with van der Waals surface area (Å²) in [6, 6.07) is 16.1. The highest BCUT2D eigenvalue weighted by atomic mass is 16.5. The van der Waals surface area contributed by atoms with Gasteiger partial charge in [0.25, 0.3) is 0 Å². The van der Waals surface area contributed by atoms with E-state index in [4.69, 9.17) is 9.47 Å². The van der Waals surface area contributed by atoms with E-state index in [0.29, 0.717) is 19.7 Å². The number of hydrogen-bond acceptors (Lipinski definition) is 5. The Morgan fingerprint density at radius 1 is 1.00 bits per heavy atom. The molecule has 0 N–H and O–H groups in total. The fourth-order valence-electron chi connectivity index (χ4n) is 5.22. The van der Waals surface area contributed by atoms with Gasteiger partial charge in [-0.2, -0.15) is 0 Å². The first-order chi connectivity index (χ1) is 17.0. The second kappa shape index (κ2) is 11.6. The van der Waals surface area contributed by atoms with Crippen LogP contribution < -0.4 is 14.4 Å². The number of piperidine rings is 1. The molecule has 0 radical (unpaired) electrons. The number of carbonyl (C=O) groups excluding carboxylic acids is 2.